The normalized spacial score (nSPS) is 39.8. The molecule has 1 saturated heterocycles. The summed E-state index contributed by atoms with van der Waals surface area (Å²) in [5.41, 5.74) is -0.582. The van der Waals surface area contributed by atoms with Crippen LogP contribution in [-0.2, 0) is 14.3 Å². The Balaban J connectivity index is 2.76. The highest BCUT2D eigenvalue weighted by molar-refractivity contribution is 6.35. The highest BCUT2D eigenvalue weighted by atomic mass is 35.5. The van der Waals surface area contributed by atoms with Crippen LogP contribution in [0.2, 0.25) is 0 Å². The zero-order chi connectivity index (χ0) is 9.57. The lowest BCUT2D eigenvalue weighted by molar-refractivity contribution is -0.143. The molecule has 1 rings (SSSR count). The predicted molar refractivity (Wildman–Crippen MR) is 44.9 cm³/mol. The number of hydrogen-bond acceptors (Lipinski definition) is 3. The fourth-order valence-corrected chi connectivity index (χ4v) is 1.59. The Bertz CT molecular complexity index is 216. The number of methoxy groups -OCH3 is 1. The van der Waals surface area contributed by atoms with Crippen LogP contribution in [0.25, 0.3) is 0 Å². The van der Waals surface area contributed by atoms with Crippen molar-refractivity contribution in [3.8, 4) is 0 Å². The number of alkyl halides is 1. The summed E-state index contributed by atoms with van der Waals surface area (Å²) in [5, 5.41) is -1.25. The van der Waals surface area contributed by atoms with E-state index < -0.39 is 16.6 Å². The van der Waals surface area contributed by atoms with Crippen LogP contribution < -0.4 is 0 Å². The molecule has 0 aliphatic carbocycles. The monoisotopic (exact) mass is 192 g/mol. The van der Waals surface area contributed by atoms with Crippen molar-refractivity contribution in [3.05, 3.63) is 0 Å². The second-order valence-electron chi connectivity index (χ2n) is 3.45. The standard InChI is InChI=1S/C8H13ClO3/c1-5(2)7(3)8(9,12-7)6(10)11-4/h5H,1-4H3. The molecule has 0 amide bonds. The molecule has 4 heteroatoms. The molecule has 0 aromatic heterocycles. The summed E-state index contributed by atoms with van der Waals surface area (Å²) >= 11 is 5.90. The van der Waals surface area contributed by atoms with Crippen molar-refractivity contribution in [3.63, 3.8) is 0 Å². The topological polar surface area (TPSA) is 38.8 Å². The molecule has 0 bridgehead atoms. The van der Waals surface area contributed by atoms with Crippen molar-refractivity contribution in [1.82, 2.24) is 0 Å². The summed E-state index contributed by atoms with van der Waals surface area (Å²) in [6.07, 6.45) is 0. The summed E-state index contributed by atoms with van der Waals surface area (Å²) in [6.45, 7) is 5.71. The minimum absolute atomic E-state index is 0.189. The Kier molecular flexibility index (Phi) is 2.13. The molecule has 0 N–H and O–H groups in total. The third-order valence-corrected chi connectivity index (χ3v) is 3.11. The maximum absolute atomic E-state index is 11.1. The summed E-state index contributed by atoms with van der Waals surface area (Å²) in [5.74, 6) is -0.325. The molecule has 2 unspecified atom stereocenters. The summed E-state index contributed by atoms with van der Waals surface area (Å²) in [7, 11) is 1.30. The van der Waals surface area contributed by atoms with Gasteiger partial charge in [-0.25, -0.2) is 4.79 Å². The van der Waals surface area contributed by atoms with E-state index in [1.54, 1.807) is 0 Å². The Hall–Kier alpha value is -0.280. The molecule has 2 atom stereocenters. The van der Waals surface area contributed by atoms with Crippen LogP contribution in [0, 0.1) is 5.92 Å². The van der Waals surface area contributed by atoms with Crippen LogP contribution in [-0.4, -0.2) is 23.7 Å². The van der Waals surface area contributed by atoms with Crippen molar-refractivity contribution >= 4 is 17.6 Å². The maximum Gasteiger partial charge on any atom is 0.357 e. The molecule has 70 valence electrons. The maximum atomic E-state index is 11.1. The van der Waals surface area contributed by atoms with Crippen LogP contribution in [0.4, 0.5) is 0 Å². The average molecular weight is 193 g/mol. The van der Waals surface area contributed by atoms with Gasteiger partial charge in [-0.05, 0) is 12.8 Å². The van der Waals surface area contributed by atoms with E-state index in [1.807, 2.05) is 20.8 Å². The van der Waals surface area contributed by atoms with E-state index in [0.29, 0.717) is 0 Å². The molecule has 0 saturated carbocycles. The Morgan fingerprint density at radius 3 is 2.33 bits per heavy atom. The van der Waals surface area contributed by atoms with E-state index in [4.69, 9.17) is 16.3 Å². The number of carbonyl (C=O) groups excluding carboxylic acids is 1. The lowest BCUT2D eigenvalue weighted by Gasteiger charge is -2.12. The van der Waals surface area contributed by atoms with Crippen LogP contribution in [0.1, 0.15) is 20.8 Å². The molecule has 12 heavy (non-hydrogen) atoms. The van der Waals surface area contributed by atoms with Gasteiger partial charge >= 0.3 is 5.97 Å². The van der Waals surface area contributed by atoms with Gasteiger partial charge in [0.05, 0.1) is 7.11 Å². The van der Waals surface area contributed by atoms with Gasteiger partial charge in [0.2, 0.25) is 0 Å². The van der Waals surface area contributed by atoms with Gasteiger partial charge in [-0.3, -0.25) is 0 Å². The molecule has 1 aliphatic heterocycles. The molecule has 0 radical (unpaired) electrons. The summed E-state index contributed by atoms with van der Waals surface area (Å²) < 4.78 is 9.72. The van der Waals surface area contributed by atoms with Crippen molar-refractivity contribution < 1.29 is 14.3 Å². The van der Waals surface area contributed by atoms with E-state index in [9.17, 15) is 4.79 Å². The van der Waals surface area contributed by atoms with Gasteiger partial charge in [0.25, 0.3) is 5.06 Å². The smallest absolute Gasteiger partial charge is 0.357 e. The highest BCUT2D eigenvalue weighted by Crippen LogP contribution is 2.56. The molecule has 0 aromatic carbocycles. The number of esters is 1. The quantitative estimate of drug-likeness (QED) is 0.379. The van der Waals surface area contributed by atoms with Crippen LogP contribution in [0.5, 0.6) is 0 Å². The minimum atomic E-state index is -1.25. The second-order valence-corrected chi connectivity index (χ2v) is 3.98. The second kappa shape index (κ2) is 2.60. The van der Waals surface area contributed by atoms with Gasteiger partial charge in [-0.15, -0.1) is 0 Å². The van der Waals surface area contributed by atoms with E-state index in [2.05, 4.69) is 4.74 Å². The Labute approximate surface area is 77.0 Å². The highest BCUT2D eigenvalue weighted by Gasteiger charge is 2.73. The number of hydrogen-bond donors (Lipinski definition) is 0. The van der Waals surface area contributed by atoms with Crippen molar-refractivity contribution in [1.29, 1.82) is 0 Å². The third kappa shape index (κ3) is 1.04. The first-order valence-electron chi connectivity index (χ1n) is 3.86. The van der Waals surface area contributed by atoms with E-state index in [-0.39, 0.29) is 5.92 Å². The summed E-state index contributed by atoms with van der Waals surface area (Å²) in [6, 6.07) is 0. The Morgan fingerprint density at radius 1 is 1.58 bits per heavy atom. The van der Waals surface area contributed by atoms with Gasteiger partial charge in [-0.1, -0.05) is 25.4 Å². The minimum Gasteiger partial charge on any atom is -0.466 e. The van der Waals surface area contributed by atoms with E-state index >= 15 is 0 Å². The number of ether oxygens (including phenoxy) is 2. The zero-order valence-corrected chi connectivity index (χ0v) is 8.44. The molecule has 0 spiro atoms. The lowest BCUT2D eigenvalue weighted by atomic mass is 9.94. The number of rotatable bonds is 2. The van der Waals surface area contributed by atoms with Crippen LogP contribution in [0.3, 0.4) is 0 Å². The first-order chi connectivity index (χ1) is 5.38. The number of epoxide rings is 1. The number of halogens is 1. The zero-order valence-electron chi connectivity index (χ0n) is 7.68. The SMILES string of the molecule is COC(=O)C1(Cl)OC1(C)C(C)C. The third-order valence-electron chi connectivity index (χ3n) is 2.50. The van der Waals surface area contributed by atoms with E-state index in [0.717, 1.165) is 0 Å². The van der Waals surface area contributed by atoms with Gasteiger partial charge in [-0.2, -0.15) is 0 Å². The lowest BCUT2D eigenvalue weighted by Crippen LogP contribution is -2.31. The van der Waals surface area contributed by atoms with Crippen molar-refractivity contribution in [2.75, 3.05) is 7.11 Å². The fraction of sp³-hybridized carbons (Fsp3) is 0.875. The predicted octanol–water partition coefficient (Wildman–Crippen LogP) is 1.54. The first kappa shape index (κ1) is 9.81. The largest absolute Gasteiger partial charge is 0.466 e. The Morgan fingerprint density at radius 2 is 2.08 bits per heavy atom. The van der Waals surface area contributed by atoms with Crippen LogP contribution in [0.15, 0.2) is 0 Å². The summed E-state index contributed by atoms with van der Waals surface area (Å²) in [4.78, 5) is 11.1. The average Bonchev–Trinajstić information content (AvgIpc) is 2.56. The van der Waals surface area contributed by atoms with Gasteiger partial charge in [0.1, 0.15) is 5.60 Å². The van der Waals surface area contributed by atoms with Crippen molar-refractivity contribution in [2.24, 2.45) is 5.92 Å². The first-order valence-corrected chi connectivity index (χ1v) is 4.24. The molecule has 3 nitrogen and oxygen atoms in total. The molecule has 1 fully saturated rings. The van der Waals surface area contributed by atoms with Crippen LogP contribution >= 0.6 is 11.6 Å². The molecule has 1 aliphatic rings. The van der Waals surface area contributed by atoms with Crippen molar-refractivity contribution in [2.45, 2.75) is 31.4 Å². The van der Waals surface area contributed by atoms with E-state index in [1.165, 1.54) is 7.11 Å². The molecule has 0 aromatic rings. The van der Waals surface area contributed by atoms with Gasteiger partial charge in [0.15, 0.2) is 0 Å². The van der Waals surface area contributed by atoms with Gasteiger partial charge in [0, 0.05) is 0 Å². The molecular formula is C8H13ClO3. The van der Waals surface area contributed by atoms with Gasteiger partial charge < -0.3 is 9.47 Å². The molecular weight excluding hydrogens is 180 g/mol. The fourth-order valence-electron chi connectivity index (χ4n) is 1.13. The number of carbonyl (C=O) groups is 1. The molecule has 1 heterocycles.